The van der Waals surface area contributed by atoms with Crippen molar-refractivity contribution < 1.29 is 23.8 Å². The maximum Gasteiger partial charge on any atom is 0.417 e. The van der Waals surface area contributed by atoms with E-state index in [4.69, 9.17) is 14.2 Å². The number of hydrogen-bond acceptors (Lipinski definition) is 6. The predicted octanol–water partition coefficient (Wildman–Crippen LogP) is 1.95. The third-order valence-corrected chi connectivity index (χ3v) is 4.28. The van der Waals surface area contributed by atoms with E-state index < -0.39 is 17.8 Å². The van der Waals surface area contributed by atoms with Gasteiger partial charge in [0.05, 0.1) is 6.61 Å². The van der Waals surface area contributed by atoms with Gasteiger partial charge in [-0.05, 0) is 58.9 Å². The Balaban J connectivity index is 1.80. The summed E-state index contributed by atoms with van der Waals surface area (Å²) in [5.41, 5.74) is -0.632. The average molecular weight is 356 g/mol. The number of carbonyl (C=O) groups excluding carboxylic acids is 2. The minimum atomic E-state index is -0.632. The summed E-state index contributed by atoms with van der Waals surface area (Å²) in [7, 11) is 0. The van der Waals surface area contributed by atoms with E-state index in [0.29, 0.717) is 31.9 Å². The van der Waals surface area contributed by atoms with Gasteiger partial charge in [-0.25, -0.2) is 9.69 Å². The molecule has 144 valence electrons. The van der Waals surface area contributed by atoms with Gasteiger partial charge in [0.1, 0.15) is 11.7 Å². The van der Waals surface area contributed by atoms with Crippen molar-refractivity contribution in [3.8, 4) is 0 Å². The van der Waals surface area contributed by atoms with Crippen molar-refractivity contribution in [1.82, 2.24) is 10.2 Å². The fourth-order valence-electron chi connectivity index (χ4n) is 2.97. The summed E-state index contributed by atoms with van der Waals surface area (Å²) in [6.45, 7) is 9.61. The van der Waals surface area contributed by atoms with Crippen LogP contribution in [-0.2, 0) is 19.0 Å². The Kier molecular flexibility index (Phi) is 7.65. The largest absolute Gasteiger partial charge is 0.443 e. The van der Waals surface area contributed by atoms with Crippen molar-refractivity contribution in [2.75, 3.05) is 39.5 Å². The summed E-state index contributed by atoms with van der Waals surface area (Å²) >= 11 is 0. The van der Waals surface area contributed by atoms with E-state index >= 15 is 0 Å². The van der Waals surface area contributed by atoms with E-state index in [-0.39, 0.29) is 5.91 Å². The topological polar surface area (TPSA) is 77.1 Å². The molecule has 2 heterocycles. The zero-order chi connectivity index (χ0) is 18.3. The molecule has 7 nitrogen and oxygen atoms in total. The number of nitrogens with one attached hydrogen (secondary N) is 1. The Morgan fingerprint density at radius 1 is 1.24 bits per heavy atom. The van der Waals surface area contributed by atoms with Gasteiger partial charge in [-0.3, -0.25) is 4.79 Å². The molecule has 25 heavy (non-hydrogen) atoms. The lowest BCUT2D eigenvalue weighted by Crippen LogP contribution is -2.46. The fourth-order valence-corrected chi connectivity index (χ4v) is 2.97. The van der Waals surface area contributed by atoms with E-state index in [1.165, 1.54) is 4.90 Å². The van der Waals surface area contributed by atoms with Crippen molar-refractivity contribution in [1.29, 1.82) is 0 Å². The molecule has 7 heteroatoms. The molecule has 0 spiro atoms. The monoisotopic (exact) mass is 356 g/mol. The van der Waals surface area contributed by atoms with Crippen LogP contribution in [0.5, 0.6) is 0 Å². The van der Waals surface area contributed by atoms with E-state index in [2.05, 4.69) is 5.32 Å². The Morgan fingerprint density at radius 2 is 2.04 bits per heavy atom. The minimum absolute atomic E-state index is 0.282. The Bertz CT molecular complexity index is 437. The molecule has 2 atom stereocenters. The highest BCUT2D eigenvalue weighted by Crippen LogP contribution is 2.17. The lowest BCUT2D eigenvalue weighted by atomic mass is 10.1. The Morgan fingerprint density at radius 3 is 2.64 bits per heavy atom. The van der Waals surface area contributed by atoms with Crippen molar-refractivity contribution >= 4 is 12.0 Å². The van der Waals surface area contributed by atoms with Crippen LogP contribution in [-0.4, -0.2) is 68.1 Å². The van der Waals surface area contributed by atoms with Crippen molar-refractivity contribution in [3.05, 3.63) is 0 Å². The zero-order valence-corrected chi connectivity index (χ0v) is 15.7. The Labute approximate surface area is 150 Å². The molecule has 2 aliphatic rings. The standard InChI is InChI=1S/C18H32N2O5/c1-18(2,3)25-17(22)20(16(21)15-6-4-10-24-15)9-5-8-19-12-14-7-11-23-13-14/h14-15,19H,4-13H2,1-3H3. The van der Waals surface area contributed by atoms with Crippen molar-refractivity contribution in [2.45, 2.75) is 58.2 Å². The first kappa shape index (κ1) is 20.1. The lowest BCUT2D eigenvalue weighted by Gasteiger charge is -2.27. The molecule has 2 aliphatic heterocycles. The van der Waals surface area contributed by atoms with Gasteiger partial charge < -0.3 is 19.5 Å². The van der Waals surface area contributed by atoms with Crippen molar-refractivity contribution in [3.63, 3.8) is 0 Å². The molecule has 0 aromatic heterocycles. The van der Waals surface area contributed by atoms with Crippen LogP contribution >= 0.6 is 0 Å². The van der Waals surface area contributed by atoms with Crippen LogP contribution in [0.25, 0.3) is 0 Å². The molecule has 1 N–H and O–H groups in total. The smallest absolute Gasteiger partial charge is 0.417 e. The second-order valence-electron chi connectivity index (χ2n) is 7.76. The summed E-state index contributed by atoms with van der Waals surface area (Å²) in [6, 6.07) is 0. The molecule has 2 amide bonds. The maximum absolute atomic E-state index is 12.6. The highest BCUT2D eigenvalue weighted by atomic mass is 16.6. The normalized spacial score (nSPS) is 23.6. The number of rotatable bonds is 7. The molecule has 2 rings (SSSR count). The second-order valence-corrected chi connectivity index (χ2v) is 7.76. The molecule has 0 bridgehead atoms. The molecule has 0 radical (unpaired) electrons. The van der Waals surface area contributed by atoms with Crippen LogP contribution in [0, 0.1) is 5.92 Å². The Hall–Kier alpha value is -1.18. The van der Waals surface area contributed by atoms with E-state index in [9.17, 15) is 9.59 Å². The van der Waals surface area contributed by atoms with Gasteiger partial charge in [0.2, 0.25) is 0 Å². The van der Waals surface area contributed by atoms with Gasteiger partial charge in [-0.15, -0.1) is 0 Å². The van der Waals surface area contributed by atoms with Gasteiger partial charge in [0.15, 0.2) is 0 Å². The lowest BCUT2D eigenvalue weighted by molar-refractivity contribution is -0.139. The fraction of sp³-hybridized carbons (Fsp3) is 0.889. The summed E-state index contributed by atoms with van der Waals surface area (Å²) < 4.78 is 16.2. The highest BCUT2D eigenvalue weighted by Gasteiger charge is 2.34. The van der Waals surface area contributed by atoms with E-state index in [1.807, 2.05) is 0 Å². The van der Waals surface area contributed by atoms with Crippen LogP contribution < -0.4 is 5.32 Å². The molecule has 2 fully saturated rings. The van der Waals surface area contributed by atoms with Crippen LogP contribution in [0.3, 0.4) is 0 Å². The van der Waals surface area contributed by atoms with E-state index in [0.717, 1.165) is 39.1 Å². The number of amides is 2. The SMILES string of the molecule is CC(C)(C)OC(=O)N(CCCNCC1CCOC1)C(=O)C1CCCO1. The van der Waals surface area contributed by atoms with Crippen LogP contribution in [0.4, 0.5) is 4.79 Å². The number of hydrogen-bond donors (Lipinski definition) is 1. The number of imide groups is 1. The molecular formula is C18H32N2O5. The average Bonchev–Trinajstić information content (AvgIpc) is 3.21. The molecule has 0 aromatic carbocycles. The molecule has 0 aromatic rings. The number of carbonyl (C=O) groups is 2. The van der Waals surface area contributed by atoms with Crippen molar-refractivity contribution in [2.24, 2.45) is 5.92 Å². The zero-order valence-electron chi connectivity index (χ0n) is 15.7. The van der Waals surface area contributed by atoms with Gasteiger partial charge in [0.25, 0.3) is 5.91 Å². The summed E-state index contributed by atoms with van der Waals surface area (Å²) in [5.74, 6) is 0.284. The van der Waals surface area contributed by atoms with Crippen LogP contribution in [0.1, 0.15) is 46.5 Å². The highest BCUT2D eigenvalue weighted by molar-refractivity contribution is 5.94. The van der Waals surface area contributed by atoms with Crippen LogP contribution in [0.2, 0.25) is 0 Å². The molecule has 2 saturated heterocycles. The summed E-state index contributed by atoms with van der Waals surface area (Å²) in [6.07, 6.45) is 2.19. The second kappa shape index (κ2) is 9.50. The third kappa shape index (κ3) is 6.92. The van der Waals surface area contributed by atoms with Gasteiger partial charge in [-0.2, -0.15) is 0 Å². The predicted molar refractivity (Wildman–Crippen MR) is 93.3 cm³/mol. The summed E-state index contributed by atoms with van der Waals surface area (Å²) in [5, 5.41) is 3.38. The summed E-state index contributed by atoms with van der Waals surface area (Å²) in [4.78, 5) is 26.2. The van der Waals surface area contributed by atoms with Crippen LogP contribution in [0.15, 0.2) is 0 Å². The van der Waals surface area contributed by atoms with E-state index in [1.54, 1.807) is 20.8 Å². The first-order valence-corrected chi connectivity index (χ1v) is 9.31. The first-order chi connectivity index (χ1) is 11.9. The molecule has 2 unspecified atom stereocenters. The van der Waals surface area contributed by atoms with Gasteiger partial charge in [-0.1, -0.05) is 0 Å². The number of ether oxygens (including phenoxy) is 3. The first-order valence-electron chi connectivity index (χ1n) is 9.31. The minimum Gasteiger partial charge on any atom is -0.443 e. The molecular weight excluding hydrogens is 324 g/mol. The number of nitrogens with zero attached hydrogens (tertiary/aromatic N) is 1. The quantitative estimate of drug-likeness (QED) is 0.703. The van der Waals surface area contributed by atoms with Gasteiger partial charge >= 0.3 is 6.09 Å². The molecule has 0 saturated carbocycles. The maximum atomic E-state index is 12.6. The van der Waals surface area contributed by atoms with Gasteiger partial charge in [0, 0.05) is 26.3 Å². The molecule has 0 aliphatic carbocycles. The third-order valence-electron chi connectivity index (χ3n) is 4.28.